The van der Waals surface area contributed by atoms with Crippen LogP contribution in [0.1, 0.15) is 48.9 Å². The molecule has 1 aliphatic rings. The second kappa shape index (κ2) is 8.10. The molecule has 0 atom stereocenters. The lowest BCUT2D eigenvalue weighted by molar-refractivity contribution is -0.123. The summed E-state index contributed by atoms with van der Waals surface area (Å²) in [5, 5.41) is 3.01. The summed E-state index contributed by atoms with van der Waals surface area (Å²) in [6.07, 6.45) is 5.11. The number of aromatic nitrogens is 4. The van der Waals surface area contributed by atoms with Crippen molar-refractivity contribution in [1.82, 2.24) is 19.6 Å². The number of fused-ring (bicyclic) bond motifs is 1. The minimum atomic E-state index is -0.194. The van der Waals surface area contributed by atoms with Crippen molar-refractivity contribution in [1.29, 1.82) is 0 Å². The van der Waals surface area contributed by atoms with Gasteiger partial charge in [-0.25, -0.2) is 4.98 Å². The van der Waals surface area contributed by atoms with Crippen LogP contribution in [0.3, 0.4) is 0 Å². The minimum Gasteiger partial charge on any atom is -0.276 e. The summed E-state index contributed by atoms with van der Waals surface area (Å²) in [5.74, 6) is 0.678. The molecule has 0 radical (unpaired) electrons. The lowest BCUT2D eigenvalue weighted by Crippen LogP contribution is -2.37. The van der Waals surface area contributed by atoms with Gasteiger partial charge in [0, 0.05) is 21.6 Å². The Kier molecular flexibility index (Phi) is 5.54. The molecule has 7 nitrogen and oxygen atoms in total. The van der Waals surface area contributed by atoms with Gasteiger partial charge in [-0.05, 0) is 44.4 Å². The maximum atomic E-state index is 13.4. The number of carbonyl (C=O) groups excluding carboxylic acids is 1. The Labute approximate surface area is 177 Å². The van der Waals surface area contributed by atoms with Crippen LogP contribution in [0.2, 0.25) is 0 Å². The molecule has 29 heavy (non-hydrogen) atoms. The van der Waals surface area contributed by atoms with E-state index >= 15 is 0 Å². The first kappa shape index (κ1) is 19.8. The largest absolute Gasteiger partial charge is 0.277 e. The number of hydrogen-bond acceptors (Lipinski definition) is 4. The van der Waals surface area contributed by atoms with Gasteiger partial charge >= 0.3 is 0 Å². The zero-order valence-corrected chi connectivity index (χ0v) is 18.2. The molecule has 1 N–H and O–H groups in total. The third-order valence-corrected chi connectivity index (χ3v) is 6.21. The maximum absolute atomic E-state index is 13.4. The lowest BCUT2D eigenvalue weighted by Gasteiger charge is -2.27. The molecule has 2 heterocycles. The van der Waals surface area contributed by atoms with Crippen molar-refractivity contribution in [2.24, 2.45) is 5.92 Å². The van der Waals surface area contributed by atoms with E-state index in [-0.39, 0.29) is 23.2 Å². The van der Waals surface area contributed by atoms with E-state index in [1.807, 2.05) is 24.3 Å². The fraction of sp³-hybridized carbons (Fsp3) is 0.429. The number of aryl methyl sites for hydroxylation is 1. The number of nitrogens with one attached hydrogen (secondary N) is 1. The number of nitrogens with zero attached hydrogens (tertiary/aromatic N) is 4. The molecule has 1 aliphatic carbocycles. The highest BCUT2D eigenvalue weighted by atomic mass is 79.9. The van der Waals surface area contributed by atoms with Crippen molar-refractivity contribution in [3.05, 3.63) is 55.9 Å². The topological polar surface area (TPSA) is 83.4 Å². The molecule has 0 aliphatic heterocycles. The number of halogens is 1. The quantitative estimate of drug-likeness (QED) is 0.643. The molecule has 0 unspecified atom stereocenters. The van der Waals surface area contributed by atoms with E-state index in [1.54, 1.807) is 18.7 Å². The Balaban J connectivity index is 1.75. The van der Waals surface area contributed by atoms with Gasteiger partial charge in [0.1, 0.15) is 0 Å². The van der Waals surface area contributed by atoms with E-state index in [2.05, 4.69) is 31.0 Å². The van der Waals surface area contributed by atoms with Crippen LogP contribution in [0, 0.1) is 19.8 Å². The molecule has 0 bridgehead atoms. The van der Waals surface area contributed by atoms with Crippen LogP contribution in [0.5, 0.6) is 0 Å². The summed E-state index contributed by atoms with van der Waals surface area (Å²) in [6, 6.07) is 7.87. The highest BCUT2D eigenvalue weighted by Crippen LogP contribution is 2.28. The predicted octanol–water partition coefficient (Wildman–Crippen LogP) is 3.91. The number of H-pyrrole nitrogens is 1. The van der Waals surface area contributed by atoms with Gasteiger partial charge in [-0.2, -0.15) is 9.50 Å². The number of aromatic amines is 1. The van der Waals surface area contributed by atoms with Crippen LogP contribution in [0.15, 0.2) is 33.5 Å². The van der Waals surface area contributed by atoms with E-state index in [9.17, 15) is 9.59 Å². The standard InChI is InChI=1S/C21H24BrN5O2/c1-13-14(2)23-20-24-21(25-27(20)18(13)28)26(12-15-8-10-17(22)11-9-15)19(29)16-6-4-3-5-7-16/h8-11,16H,3-7,12H2,1-2H3,(H,23,24,25). The third-order valence-electron chi connectivity index (χ3n) is 5.68. The lowest BCUT2D eigenvalue weighted by atomic mass is 9.88. The molecular weight excluding hydrogens is 434 g/mol. The summed E-state index contributed by atoms with van der Waals surface area (Å²) in [7, 11) is 0. The zero-order valence-electron chi connectivity index (χ0n) is 16.6. The highest BCUT2D eigenvalue weighted by Gasteiger charge is 2.29. The van der Waals surface area contributed by atoms with Gasteiger partial charge in [0.25, 0.3) is 11.3 Å². The fourth-order valence-electron chi connectivity index (χ4n) is 3.81. The van der Waals surface area contributed by atoms with Crippen LogP contribution in [-0.4, -0.2) is 25.5 Å². The molecule has 0 saturated heterocycles. The Morgan fingerprint density at radius 2 is 1.86 bits per heavy atom. The molecule has 1 amide bonds. The summed E-state index contributed by atoms with van der Waals surface area (Å²) < 4.78 is 2.30. The first-order valence-electron chi connectivity index (χ1n) is 9.96. The van der Waals surface area contributed by atoms with E-state index in [0.29, 0.717) is 23.8 Å². The van der Waals surface area contributed by atoms with Crippen LogP contribution >= 0.6 is 15.9 Å². The monoisotopic (exact) mass is 457 g/mol. The Hall–Kier alpha value is -2.48. The summed E-state index contributed by atoms with van der Waals surface area (Å²) in [6.45, 7) is 3.91. The van der Waals surface area contributed by atoms with Crippen molar-refractivity contribution >= 4 is 33.6 Å². The normalized spacial score (nSPS) is 15.0. The van der Waals surface area contributed by atoms with Gasteiger partial charge in [0.15, 0.2) is 0 Å². The second-order valence-corrected chi connectivity index (χ2v) is 8.61. The Bertz CT molecular complexity index is 1100. The molecule has 1 saturated carbocycles. The Morgan fingerprint density at radius 3 is 2.55 bits per heavy atom. The zero-order chi connectivity index (χ0) is 20.5. The fourth-order valence-corrected chi connectivity index (χ4v) is 4.08. The van der Waals surface area contributed by atoms with Crippen LogP contribution in [0.25, 0.3) is 5.78 Å². The first-order chi connectivity index (χ1) is 13.9. The molecule has 3 aromatic rings. The summed E-state index contributed by atoms with van der Waals surface area (Å²) in [5.41, 5.74) is 2.01. The molecule has 2 aromatic heterocycles. The molecule has 4 rings (SSSR count). The minimum absolute atomic E-state index is 0.0134. The summed E-state index contributed by atoms with van der Waals surface area (Å²) >= 11 is 3.45. The van der Waals surface area contributed by atoms with E-state index in [4.69, 9.17) is 0 Å². The maximum Gasteiger partial charge on any atom is 0.277 e. The molecular formula is C21H24BrN5O2. The van der Waals surface area contributed by atoms with Crippen molar-refractivity contribution < 1.29 is 4.79 Å². The van der Waals surface area contributed by atoms with Crippen molar-refractivity contribution in [3.8, 4) is 0 Å². The van der Waals surface area contributed by atoms with Gasteiger partial charge in [-0.15, -0.1) is 0 Å². The second-order valence-electron chi connectivity index (χ2n) is 7.70. The SMILES string of the molecule is Cc1nc2nc(N(Cc3ccc(Br)cc3)C(=O)C3CCCCC3)[nH]n2c(=O)c1C. The number of amides is 1. The van der Waals surface area contributed by atoms with E-state index < -0.39 is 0 Å². The van der Waals surface area contributed by atoms with Gasteiger partial charge in [-0.1, -0.05) is 47.3 Å². The molecule has 152 valence electrons. The smallest absolute Gasteiger partial charge is 0.276 e. The van der Waals surface area contributed by atoms with Gasteiger partial charge in [0.05, 0.1) is 6.54 Å². The van der Waals surface area contributed by atoms with E-state index in [0.717, 1.165) is 35.7 Å². The van der Waals surface area contributed by atoms with E-state index in [1.165, 1.54) is 10.9 Å². The predicted molar refractivity (Wildman–Crippen MR) is 115 cm³/mol. The number of benzene rings is 1. The molecule has 1 aromatic carbocycles. The van der Waals surface area contributed by atoms with Crippen LogP contribution in [0.4, 0.5) is 5.95 Å². The molecule has 8 heteroatoms. The summed E-state index contributed by atoms with van der Waals surface area (Å²) in [4.78, 5) is 36.6. The highest BCUT2D eigenvalue weighted by molar-refractivity contribution is 9.10. The van der Waals surface area contributed by atoms with Crippen molar-refractivity contribution in [3.63, 3.8) is 0 Å². The van der Waals surface area contributed by atoms with Crippen LogP contribution in [-0.2, 0) is 11.3 Å². The molecule has 1 fully saturated rings. The number of hydrogen-bond donors (Lipinski definition) is 1. The average molecular weight is 458 g/mol. The third kappa shape index (κ3) is 3.99. The Morgan fingerprint density at radius 1 is 1.17 bits per heavy atom. The van der Waals surface area contributed by atoms with Gasteiger partial charge in [-0.3, -0.25) is 19.6 Å². The number of anilines is 1. The number of rotatable bonds is 4. The number of carbonyl (C=O) groups is 1. The van der Waals surface area contributed by atoms with Crippen LogP contribution < -0.4 is 10.5 Å². The first-order valence-corrected chi connectivity index (χ1v) is 10.7. The van der Waals surface area contributed by atoms with Crippen molar-refractivity contribution in [2.45, 2.75) is 52.5 Å². The van der Waals surface area contributed by atoms with Gasteiger partial charge in [0.2, 0.25) is 11.9 Å². The van der Waals surface area contributed by atoms with Gasteiger partial charge < -0.3 is 0 Å². The van der Waals surface area contributed by atoms with Crippen molar-refractivity contribution in [2.75, 3.05) is 4.90 Å². The average Bonchev–Trinajstić information content (AvgIpc) is 3.15. The molecule has 0 spiro atoms.